The lowest BCUT2D eigenvalue weighted by Gasteiger charge is -2.22. The fourth-order valence-electron chi connectivity index (χ4n) is 4.19. The van der Waals surface area contributed by atoms with Gasteiger partial charge in [-0.1, -0.05) is 49.4 Å². The van der Waals surface area contributed by atoms with Gasteiger partial charge in [-0.2, -0.15) is 8.78 Å². The van der Waals surface area contributed by atoms with Gasteiger partial charge in [0, 0.05) is 17.8 Å². The number of aliphatic hydroxyl groups is 1. The normalized spacial score (nSPS) is 19.6. The van der Waals surface area contributed by atoms with Crippen LogP contribution in [0.5, 0.6) is 0 Å². The Morgan fingerprint density at radius 1 is 1.21 bits per heavy atom. The number of carboxylic acid groups (broad SMARTS) is 1. The van der Waals surface area contributed by atoms with Crippen molar-refractivity contribution in [1.82, 2.24) is 4.90 Å². The molecule has 0 bridgehead atoms. The number of carboxylic acids is 1. The average molecular weight is 492 g/mol. The van der Waals surface area contributed by atoms with E-state index in [0.29, 0.717) is 12.8 Å². The van der Waals surface area contributed by atoms with Crippen molar-refractivity contribution in [2.75, 3.05) is 6.54 Å². The van der Waals surface area contributed by atoms with Crippen LogP contribution in [0.15, 0.2) is 54.6 Å². The molecule has 1 aromatic heterocycles. The summed E-state index contributed by atoms with van der Waals surface area (Å²) in [6.45, 7) is 2.07. The molecule has 0 radical (unpaired) electrons. The molecule has 1 aromatic carbocycles. The highest BCUT2D eigenvalue weighted by Gasteiger charge is 2.52. The number of hydrogen-bond acceptors (Lipinski definition) is 4. The Morgan fingerprint density at radius 2 is 1.94 bits per heavy atom. The number of hydrogen-bond donors (Lipinski definition) is 2. The van der Waals surface area contributed by atoms with Gasteiger partial charge in [0.05, 0.1) is 12.1 Å². The molecule has 0 aliphatic carbocycles. The SMILES string of the molecule is CC(CCCc1ccccc1)C(O)/C=C/C1CC(F)(F)C(=O)N1CCCc1ccc(C(=O)O)s1. The van der Waals surface area contributed by atoms with Crippen LogP contribution in [0.4, 0.5) is 8.78 Å². The van der Waals surface area contributed by atoms with Gasteiger partial charge in [-0.3, -0.25) is 4.79 Å². The monoisotopic (exact) mass is 491 g/mol. The highest BCUT2D eigenvalue weighted by molar-refractivity contribution is 7.13. The lowest BCUT2D eigenvalue weighted by atomic mass is 9.95. The molecule has 3 atom stereocenters. The summed E-state index contributed by atoms with van der Waals surface area (Å²) >= 11 is 1.15. The predicted octanol–water partition coefficient (Wildman–Crippen LogP) is 5.19. The molecule has 1 fully saturated rings. The second kappa shape index (κ2) is 11.7. The summed E-state index contributed by atoms with van der Waals surface area (Å²) in [5, 5.41) is 19.5. The molecular weight excluding hydrogens is 460 g/mol. The van der Waals surface area contributed by atoms with E-state index in [1.807, 2.05) is 25.1 Å². The number of rotatable bonds is 12. The third-order valence-corrected chi connectivity index (χ3v) is 7.35. The summed E-state index contributed by atoms with van der Waals surface area (Å²) in [6.07, 6.45) is 5.27. The summed E-state index contributed by atoms with van der Waals surface area (Å²) in [7, 11) is 0. The second-order valence-corrected chi connectivity index (χ2v) is 10.0. The molecule has 2 aromatic rings. The van der Waals surface area contributed by atoms with Crippen molar-refractivity contribution in [3.05, 3.63) is 69.9 Å². The van der Waals surface area contributed by atoms with Gasteiger partial charge in [0.1, 0.15) is 4.88 Å². The Balaban J connectivity index is 1.51. The fraction of sp³-hybridized carbons (Fsp3) is 0.462. The molecule has 0 spiro atoms. The van der Waals surface area contributed by atoms with Gasteiger partial charge in [-0.15, -0.1) is 11.3 Å². The topological polar surface area (TPSA) is 77.8 Å². The summed E-state index contributed by atoms with van der Waals surface area (Å²) in [4.78, 5) is 25.5. The Morgan fingerprint density at radius 3 is 2.62 bits per heavy atom. The summed E-state index contributed by atoms with van der Waals surface area (Å²) in [6, 6.07) is 12.5. The maximum absolute atomic E-state index is 14.1. The molecule has 1 aliphatic heterocycles. The minimum Gasteiger partial charge on any atom is -0.477 e. The lowest BCUT2D eigenvalue weighted by molar-refractivity contribution is -0.148. The molecule has 0 saturated carbocycles. The van der Waals surface area contributed by atoms with Crippen molar-refractivity contribution in [3.63, 3.8) is 0 Å². The first-order valence-corrected chi connectivity index (χ1v) is 12.4. The highest BCUT2D eigenvalue weighted by Crippen LogP contribution is 2.34. The van der Waals surface area contributed by atoms with E-state index in [9.17, 15) is 23.5 Å². The number of alkyl halides is 2. The Labute approximate surface area is 202 Å². The van der Waals surface area contributed by atoms with Gasteiger partial charge in [0.25, 0.3) is 5.91 Å². The van der Waals surface area contributed by atoms with E-state index in [-0.39, 0.29) is 17.3 Å². The fourth-order valence-corrected chi connectivity index (χ4v) is 5.07. The van der Waals surface area contributed by atoms with Crippen molar-refractivity contribution < 1.29 is 28.6 Å². The van der Waals surface area contributed by atoms with Crippen LogP contribution in [0.2, 0.25) is 0 Å². The van der Waals surface area contributed by atoms with Crippen molar-refractivity contribution in [3.8, 4) is 0 Å². The molecule has 184 valence electrons. The molecular formula is C26H31F2NO4S. The number of carbonyl (C=O) groups is 2. The van der Waals surface area contributed by atoms with Crippen LogP contribution in [0, 0.1) is 5.92 Å². The third-order valence-electron chi connectivity index (χ3n) is 6.22. The van der Waals surface area contributed by atoms with Crippen molar-refractivity contribution in [1.29, 1.82) is 0 Å². The van der Waals surface area contributed by atoms with E-state index >= 15 is 0 Å². The minimum atomic E-state index is -3.42. The van der Waals surface area contributed by atoms with Crippen LogP contribution in [-0.4, -0.2) is 51.6 Å². The number of likely N-dealkylation sites (tertiary alicyclic amines) is 1. The number of aromatic carboxylic acids is 1. The quantitative estimate of drug-likeness (QED) is 0.401. The Kier molecular flexibility index (Phi) is 8.97. The van der Waals surface area contributed by atoms with Crippen molar-refractivity contribution >= 4 is 23.2 Å². The minimum absolute atomic E-state index is 0.0340. The van der Waals surface area contributed by atoms with E-state index < -0.39 is 36.4 Å². The highest BCUT2D eigenvalue weighted by atomic mass is 32.1. The Bertz CT molecular complexity index is 992. The van der Waals surface area contributed by atoms with Crippen LogP contribution in [0.25, 0.3) is 0 Å². The molecule has 8 heteroatoms. The molecule has 1 amide bonds. The standard InChI is InChI=1S/C26H31F2NO4S/c1-18(7-5-10-19-8-3-2-4-9-19)22(30)14-12-20-17-26(27,28)25(33)29(20)16-6-11-21-13-15-23(34-21)24(31)32/h2-4,8-9,12-15,18,20,22,30H,5-7,10-11,16-17H2,1H3,(H,31,32)/b14-12+. The maximum atomic E-state index is 14.1. The van der Waals surface area contributed by atoms with Crippen LogP contribution < -0.4 is 0 Å². The molecule has 34 heavy (non-hydrogen) atoms. The maximum Gasteiger partial charge on any atom is 0.345 e. The summed E-state index contributed by atoms with van der Waals surface area (Å²) < 4.78 is 28.3. The molecule has 1 aliphatic rings. The number of aryl methyl sites for hydroxylation is 2. The van der Waals surface area contributed by atoms with Crippen molar-refractivity contribution in [2.45, 2.75) is 63.5 Å². The van der Waals surface area contributed by atoms with Gasteiger partial charge in [-0.25, -0.2) is 4.79 Å². The largest absolute Gasteiger partial charge is 0.477 e. The smallest absolute Gasteiger partial charge is 0.345 e. The molecule has 5 nitrogen and oxygen atoms in total. The summed E-state index contributed by atoms with van der Waals surface area (Å²) in [5.74, 6) is -5.64. The average Bonchev–Trinajstić information content (AvgIpc) is 3.36. The number of amides is 1. The first kappa shape index (κ1) is 26.0. The van der Waals surface area contributed by atoms with Gasteiger partial charge < -0.3 is 15.1 Å². The summed E-state index contributed by atoms with van der Waals surface area (Å²) in [5.41, 5.74) is 1.24. The first-order valence-electron chi connectivity index (χ1n) is 11.6. The molecule has 2 N–H and O–H groups in total. The first-order chi connectivity index (χ1) is 16.2. The number of carbonyl (C=O) groups excluding carboxylic acids is 1. The number of nitrogens with zero attached hydrogens (tertiary/aromatic N) is 1. The van der Waals surface area contributed by atoms with Crippen LogP contribution >= 0.6 is 11.3 Å². The number of halogens is 2. The van der Waals surface area contributed by atoms with Gasteiger partial charge in [0.2, 0.25) is 0 Å². The zero-order valence-electron chi connectivity index (χ0n) is 19.2. The third kappa shape index (κ3) is 6.96. The molecule has 3 rings (SSSR count). The van der Waals surface area contributed by atoms with Crippen LogP contribution in [-0.2, 0) is 17.6 Å². The van der Waals surface area contributed by atoms with Gasteiger partial charge >= 0.3 is 11.9 Å². The molecule has 3 unspecified atom stereocenters. The Hall–Kier alpha value is -2.58. The predicted molar refractivity (Wildman–Crippen MR) is 128 cm³/mol. The van der Waals surface area contributed by atoms with Gasteiger partial charge in [0.15, 0.2) is 0 Å². The van der Waals surface area contributed by atoms with E-state index in [1.54, 1.807) is 6.07 Å². The lowest BCUT2D eigenvalue weighted by Crippen LogP contribution is -2.36. The van der Waals surface area contributed by atoms with E-state index in [0.717, 1.165) is 35.5 Å². The zero-order chi connectivity index (χ0) is 24.7. The van der Waals surface area contributed by atoms with Crippen LogP contribution in [0.3, 0.4) is 0 Å². The van der Waals surface area contributed by atoms with E-state index in [1.165, 1.54) is 28.7 Å². The van der Waals surface area contributed by atoms with Crippen LogP contribution in [0.1, 0.15) is 52.7 Å². The molecule has 1 saturated heterocycles. The second-order valence-electron chi connectivity index (χ2n) is 8.88. The zero-order valence-corrected chi connectivity index (χ0v) is 20.0. The van der Waals surface area contributed by atoms with E-state index in [2.05, 4.69) is 12.1 Å². The number of aliphatic hydroxyl groups excluding tert-OH is 1. The number of benzene rings is 1. The van der Waals surface area contributed by atoms with Crippen molar-refractivity contribution in [2.24, 2.45) is 5.92 Å². The molecule has 2 heterocycles. The number of thiophene rings is 1. The van der Waals surface area contributed by atoms with E-state index in [4.69, 9.17) is 5.11 Å². The van der Waals surface area contributed by atoms with Gasteiger partial charge in [-0.05, 0) is 55.7 Å².